The molecule has 2 aliphatic heterocycles. The van der Waals surface area contributed by atoms with Gasteiger partial charge in [-0.25, -0.2) is 9.50 Å². The summed E-state index contributed by atoms with van der Waals surface area (Å²) in [5.74, 6) is 1.53. The predicted molar refractivity (Wildman–Crippen MR) is 127 cm³/mol. The van der Waals surface area contributed by atoms with Crippen molar-refractivity contribution < 1.29 is 9.47 Å². The monoisotopic (exact) mass is 446 g/mol. The Bertz CT molecular complexity index is 1300. The molecule has 6 rings (SSSR count). The summed E-state index contributed by atoms with van der Waals surface area (Å²) < 4.78 is 12.7. The molecule has 8 heteroatoms. The van der Waals surface area contributed by atoms with Gasteiger partial charge in [-0.05, 0) is 50.0 Å². The molecule has 0 atom stereocenters. The molecule has 0 aliphatic carbocycles. The predicted octanol–water partition coefficient (Wildman–Crippen LogP) is 3.98. The Hall–Kier alpha value is -2.97. The fourth-order valence-electron chi connectivity index (χ4n) is 5.30. The maximum absolute atomic E-state index is 5.59. The van der Waals surface area contributed by atoms with Crippen LogP contribution in [0, 0.1) is 0 Å². The number of piperidine rings is 1. The van der Waals surface area contributed by atoms with E-state index in [9.17, 15) is 0 Å². The van der Waals surface area contributed by atoms with E-state index in [-0.39, 0.29) is 0 Å². The molecule has 1 N–H and O–H groups in total. The number of ether oxygens (including phenoxy) is 2. The number of rotatable bonds is 5. The summed E-state index contributed by atoms with van der Waals surface area (Å²) in [7, 11) is 1.67. The average Bonchev–Trinajstić information content (AvgIpc) is 3.41. The van der Waals surface area contributed by atoms with E-state index in [1.165, 1.54) is 11.3 Å². The molecule has 4 aromatic rings. The number of aromatic nitrogens is 5. The first-order valence-corrected chi connectivity index (χ1v) is 11.8. The van der Waals surface area contributed by atoms with E-state index in [1.54, 1.807) is 18.0 Å². The average molecular weight is 447 g/mol. The van der Waals surface area contributed by atoms with Gasteiger partial charge in [-0.1, -0.05) is 13.8 Å². The number of methoxy groups -OCH3 is 1. The van der Waals surface area contributed by atoms with Crippen molar-refractivity contribution in [1.29, 1.82) is 0 Å². The first-order chi connectivity index (χ1) is 16.1. The summed E-state index contributed by atoms with van der Waals surface area (Å²) in [5.41, 5.74) is 7.39. The topological polar surface area (TPSA) is 80.6 Å². The highest BCUT2D eigenvalue weighted by atomic mass is 16.5. The first kappa shape index (κ1) is 20.6. The smallest absolute Gasteiger partial charge is 0.197 e. The maximum Gasteiger partial charge on any atom is 0.197 e. The quantitative estimate of drug-likeness (QED) is 0.499. The molecule has 6 heterocycles. The highest BCUT2D eigenvalue weighted by Crippen LogP contribution is 2.38. The van der Waals surface area contributed by atoms with Crippen LogP contribution in [0.25, 0.3) is 27.9 Å². The van der Waals surface area contributed by atoms with E-state index < -0.39 is 0 Å². The Labute approximate surface area is 192 Å². The van der Waals surface area contributed by atoms with Gasteiger partial charge in [0.25, 0.3) is 0 Å². The number of aromatic amines is 1. The molecule has 0 aromatic carbocycles. The van der Waals surface area contributed by atoms with Crippen LogP contribution in [0.4, 0.5) is 0 Å². The van der Waals surface area contributed by atoms with Crippen LogP contribution < -0.4 is 4.74 Å². The number of nitrogens with one attached hydrogen (secondary N) is 1. The molecule has 2 saturated heterocycles. The fourth-order valence-corrected chi connectivity index (χ4v) is 5.30. The zero-order valence-corrected chi connectivity index (χ0v) is 19.4. The second-order valence-corrected chi connectivity index (χ2v) is 9.53. The molecule has 4 aromatic heterocycles. The Kier molecular flexibility index (Phi) is 5.07. The van der Waals surface area contributed by atoms with Crippen molar-refractivity contribution in [1.82, 2.24) is 29.5 Å². The number of fused-ring (bicyclic) bond motifs is 2. The number of pyridine rings is 2. The zero-order valence-electron chi connectivity index (χ0n) is 19.4. The molecule has 0 amide bonds. The number of likely N-dealkylation sites (tertiary alicyclic amines) is 1. The van der Waals surface area contributed by atoms with E-state index in [1.807, 2.05) is 12.3 Å². The van der Waals surface area contributed by atoms with Crippen LogP contribution in [0.2, 0.25) is 0 Å². The SMILES string of the molecule is COc1cc(-c2[nH]c3ccc(C4CCN(C5COC5)CC4)nc3c2C(C)C)cn2ncnc12. The van der Waals surface area contributed by atoms with Crippen molar-refractivity contribution in [2.24, 2.45) is 0 Å². The Morgan fingerprint density at radius 3 is 2.70 bits per heavy atom. The second kappa shape index (κ2) is 8.11. The van der Waals surface area contributed by atoms with Crippen molar-refractivity contribution in [3.8, 4) is 17.0 Å². The highest BCUT2D eigenvalue weighted by Gasteiger charge is 2.31. The normalized spacial score (nSPS) is 18.4. The molecule has 8 nitrogen and oxygen atoms in total. The van der Waals surface area contributed by atoms with Crippen LogP contribution in [0.3, 0.4) is 0 Å². The van der Waals surface area contributed by atoms with Crippen LogP contribution in [0.1, 0.15) is 49.8 Å². The summed E-state index contributed by atoms with van der Waals surface area (Å²) in [4.78, 5) is 15.8. The lowest BCUT2D eigenvalue weighted by atomic mass is 9.91. The van der Waals surface area contributed by atoms with Crippen molar-refractivity contribution in [3.63, 3.8) is 0 Å². The maximum atomic E-state index is 5.59. The van der Waals surface area contributed by atoms with Gasteiger partial charge in [-0.15, -0.1) is 0 Å². The molecule has 0 saturated carbocycles. The van der Waals surface area contributed by atoms with Gasteiger partial charge < -0.3 is 14.5 Å². The van der Waals surface area contributed by atoms with E-state index in [0.717, 1.165) is 61.4 Å². The standard InChI is InChI=1S/C25H30N6O2/c1-15(2)22-23(17-10-21(32-3)25-26-14-27-31(25)11-17)29-20-5-4-19(28-24(20)22)16-6-8-30(9-7-16)18-12-33-13-18/h4-5,10-11,14-16,18,29H,6-9,12-13H2,1-3H3. The van der Waals surface area contributed by atoms with Crippen LogP contribution in [-0.2, 0) is 4.74 Å². The molecular weight excluding hydrogens is 416 g/mol. The van der Waals surface area contributed by atoms with Crippen molar-refractivity contribution in [2.45, 2.75) is 44.6 Å². The molecule has 33 heavy (non-hydrogen) atoms. The van der Waals surface area contributed by atoms with E-state index in [0.29, 0.717) is 29.3 Å². The molecule has 0 spiro atoms. The molecule has 0 radical (unpaired) electrons. The van der Waals surface area contributed by atoms with E-state index >= 15 is 0 Å². The Morgan fingerprint density at radius 2 is 2.00 bits per heavy atom. The van der Waals surface area contributed by atoms with Gasteiger partial charge in [0.1, 0.15) is 6.33 Å². The molecule has 172 valence electrons. The Balaban J connectivity index is 1.38. The minimum atomic E-state index is 0.314. The third-order valence-corrected chi connectivity index (χ3v) is 7.21. The second-order valence-electron chi connectivity index (χ2n) is 9.53. The van der Waals surface area contributed by atoms with Crippen molar-refractivity contribution in [3.05, 3.63) is 42.0 Å². The largest absolute Gasteiger partial charge is 0.493 e. The van der Waals surface area contributed by atoms with Crippen LogP contribution in [0.5, 0.6) is 5.75 Å². The van der Waals surface area contributed by atoms with Gasteiger partial charge in [0, 0.05) is 28.9 Å². The Morgan fingerprint density at radius 1 is 1.18 bits per heavy atom. The number of hydrogen-bond acceptors (Lipinski definition) is 6. The minimum Gasteiger partial charge on any atom is -0.493 e. The summed E-state index contributed by atoms with van der Waals surface area (Å²) in [6.07, 6.45) is 5.86. The summed E-state index contributed by atoms with van der Waals surface area (Å²) >= 11 is 0. The number of H-pyrrole nitrogens is 1. The lowest BCUT2D eigenvalue weighted by molar-refractivity contribution is -0.0713. The van der Waals surface area contributed by atoms with Crippen molar-refractivity contribution in [2.75, 3.05) is 33.4 Å². The van der Waals surface area contributed by atoms with Gasteiger partial charge in [0.15, 0.2) is 11.4 Å². The van der Waals surface area contributed by atoms with Crippen molar-refractivity contribution >= 4 is 16.7 Å². The fraction of sp³-hybridized carbons (Fsp3) is 0.480. The molecule has 2 aliphatic rings. The lowest BCUT2D eigenvalue weighted by Crippen LogP contribution is -2.51. The molecule has 0 bridgehead atoms. The molecule has 0 unspecified atom stereocenters. The zero-order chi connectivity index (χ0) is 22.5. The lowest BCUT2D eigenvalue weighted by Gasteiger charge is -2.41. The third kappa shape index (κ3) is 3.48. The van der Waals surface area contributed by atoms with Gasteiger partial charge in [0.05, 0.1) is 43.1 Å². The summed E-state index contributed by atoms with van der Waals surface area (Å²) in [6, 6.07) is 7.06. The van der Waals surface area contributed by atoms with E-state index in [2.05, 4.69) is 45.9 Å². The van der Waals surface area contributed by atoms with Gasteiger partial charge >= 0.3 is 0 Å². The van der Waals surface area contributed by atoms with Crippen LogP contribution in [-0.4, -0.2) is 68.9 Å². The summed E-state index contributed by atoms with van der Waals surface area (Å²) in [5, 5.41) is 4.33. The third-order valence-electron chi connectivity index (χ3n) is 7.21. The molecular formula is C25H30N6O2. The van der Waals surface area contributed by atoms with Gasteiger partial charge in [-0.2, -0.15) is 5.10 Å². The highest BCUT2D eigenvalue weighted by molar-refractivity contribution is 5.89. The van der Waals surface area contributed by atoms with Crippen LogP contribution >= 0.6 is 0 Å². The van der Waals surface area contributed by atoms with Gasteiger partial charge in [0.2, 0.25) is 0 Å². The minimum absolute atomic E-state index is 0.314. The van der Waals surface area contributed by atoms with E-state index in [4.69, 9.17) is 14.5 Å². The molecule has 2 fully saturated rings. The first-order valence-electron chi connectivity index (χ1n) is 11.8. The summed E-state index contributed by atoms with van der Waals surface area (Å²) in [6.45, 7) is 8.50. The number of nitrogens with zero attached hydrogens (tertiary/aromatic N) is 5. The van der Waals surface area contributed by atoms with Gasteiger partial charge in [-0.3, -0.25) is 9.88 Å². The van der Waals surface area contributed by atoms with Crippen LogP contribution in [0.15, 0.2) is 30.7 Å². The number of hydrogen-bond donors (Lipinski definition) is 1.